The fourth-order valence-electron chi connectivity index (χ4n) is 1.47. The van der Waals surface area contributed by atoms with Crippen molar-refractivity contribution in [2.45, 2.75) is 18.2 Å². The van der Waals surface area contributed by atoms with Crippen molar-refractivity contribution < 1.29 is 12.8 Å². The van der Waals surface area contributed by atoms with Crippen LogP contribution in [-0.2, 0) is 23.1 Å². The van der Waals surface area contributed by atoms with Crippen LogP contribution in [0.1, 0.15) is 11.5 Å². The third-order valence-corrected chi connectivity index (χ3v) is 4.23. The Kier molecular flexibility index (Phi) is 4.03. The minimum atomic E-state index is -3.50. The second-order valence-corrected chi connectivity index (χ2v) is 6.27. The van der Waals surface area contributed by atoms with E-state index in [1.807, 2.05) is 0 Å². The summed E-state index contributed by atoms with van der Waals surface area (Å²) < 4.78 is 30.0. The molecular weight excluding hydrogens is 268 g/mol. The molecule has 0 bridgehead atoms. The molecule has 2 heterocycles. The smallest absolute Gasteiger partial charge is 0.275 e. The highest BCUT2D eigenvalue weighted by Crippen LogP contribution is 2.16. The van der Waals surface area contributed by atoms with Crippen LogP contribution in [0.25, 0.3) is 0 Å². The zero-order valence-electron chi connectivity index (χ0n) is 10.8. The summed E-state index contributed by atoms with van der Waals surface area (Å²) in [5.74, 6) is 0.569. The average Bonchev–Trinajstić information content (AvgIpc) is 2.99. The molecule has 7 nitrogen and oxygen atoms in total. The number of nitrogens with zero attached hydrogens (tertiary/aromatic N) is 2. The molecule has 0 saturated heterocycles. The lowest BCUT2D eigenvalue weighted by Crippen LogP contribution is -2.21. The minimum Gasteiger partial charge on any atom is -0.447 e. The first-order valence-corrected chi connectivity index (χ1v) is 7.13. The Morgan fingerprint density at radius 1 is 1.37 bits per heavy atom. The fourth-order valence-corrected chi connectivity index (χ4v) is 2.29. The van der Waals surface area contributed by atoms with Crippen molar-refractivity contribution in [2.75, 3.05) is 14.1 Å². The molecule has 0 fully saturated rings. The molecule has 104 valence electrons. The van der Waals surface area contributed by atoms with E-state index in [9.17, 15) is 8.42 Å². The molecule has 0 aliphatic carbocycles. The molecule has 0 spiro atoms. The van der Waals surface area contributed by atoms with Crippen LogP contribution in [0, 0.1) is 0 Å². The highest BCUT2D eigenvalue weighted by Gasteiger charge is 2.21. The normalized spacial score (nSPS) is 12.2. The number of hydrogen-bond donors (Lipinski definition) is 2. The second-order valence-electron chi connectivity index (χ2n) is 4.19. The van der Waals surface area contributed by atoms with Crippen LogP contribution in [0.4, 0.5) is 0 Å². The molecule has 0 saturated carbocycles. The van der Waals surface area contributed by atoms with Gasteiger partial charge in [-0.25, -0.2) is 17.7 Å². The molecule has 0 atom stereocenters. The van der Waals surface area contributed by atoms with E-state index in [0.717, 1.165) is 10.00 Å². The molecule has 0 amide bonds. The Balaban J connectivity index is 1.94. The highest BCUT2D eigenvalue weighted by molar-refractivity contribution is 7.88. The maximum absolute atomic E-state index is 11.8. The molecule has 0 aliphatic heterocycles. The monoisotopic (exact) mass is 284 g/mol. The number of hydrogen-bond acceptors (Lipinski definition) is 5. The lowest BCUT2D eigenvalue weighted by atomic mass is 10.4. The second kappa shape index (κ2) is 5.55. The van der Waals surface area contributed by atoms with E-state index in [1.165, 1.54) is 20.2 Å². The van der Waals surface area contributed by atoms with Crippen LogP contribution in [0.3, 0.4) is 0 Å². The lowest BCUT2D eigenvalue weighted by Gasteiger charge is -2.07. The van der Waals surface area contributed by atoms with Crippen molar-refractivity contribution in [1.82, 2.24) is 19.6 Å². The summed E-state index contributed by atoms with van der Waals surface area (Å²) in [5.41, 5.74) is 0.952. The summed E-state index contributed by atoms with van der Waals surface area (Å²) in [5, 5.41) is 3.08. The molecule has 0 radical (unpaired) electrons. The summed E-state index contributed by atoms with van der Waals surface area (Å²) in [6.45, 7) is 1.05. The molecule has 19 heavy (non-hydrogen) atoms. The van der Waals surface area contributed by atoms with E-state index in [0.29, 0.717) is 18.8 Å². The topological polar surface area (TPSA) is 91.2 Å². The molecule has 2 aromatic heterocycles. The Morgan fingerprint density at radius 3 is 2.79 bits per heavy atom. The molecule has 2 aromatic rings. The highest BCUT2D eigenvalue weighted by atomic mass is 32.2. The summed E-state index contributed by atoms with van der Waals surface area (Å²) >= 11 is 0. The number of H-pyrrole nitrogens is 1. The number of sulfonamides is 1. The quantitative estimate of drug-likeness (QED) is 0.808. The summed E-state index contributed by atoms with van der Waals surface area (Å²) in [6, 6.07) is 3.11. The first-order chi connectivity index (χ1) is 9.00. The minimum absolute atomic E-state index is 0.0455. The average molecular weight is 284 g/mol. The summed E-state index contributed by atoms with van der Waals surface area (Å²) in [7, 11) is -0.569. The Bertz CT molecular complexity index is 616. The van der Waals surface area contributed by atoms with Crippen LogP contribution in [0.15, 0.2) is 34.2 Å². The Hall–Kier alpha value is -1.64. The van der Waals surface area contributed by atoms with Crippen LogP contribution in [0.5, 0.6) is 0 Å². The number of nitrogens with one attached hydrogen (secondary N) is 2. The van der Waals surface area contributed by atoms with Crippen LogP contribution in [0.2, 0.25) is 0 Å². The lowest BCUT2D eigenvalue weighted by molar-refractivity contribution is 0.388. The first-order valence-electron chi connectivity index (χ1n) is 5.69. The molecule has 2 rings (SSSR count). The van der Waals surface area contributed by atoms with Crippen LogP contribution in [-0.4, -0.2) is 36.8 Å². The molecular formula is C11H16N4O3S. The van der Waals surface area contributed by atoms with Gasteiger partial charge in [0.1, 0.15) is 5.76 Å². The SMILES string of the molecule is CN(C)S(=O)(=O)c1ccc(CNCc2cnc[nH]2)o1. The maximum Gasteiger partial charge on any atom is 0.275 e. The van der Waals surface area contributed by atoms with Gasteiger partial charge in [-0.05, 0) is 12.1 Å². The predicted octanol–water partition coefficient (Wildman–Crippen LogP) is 0.543. The van der Waals surface area contributed by atoms with E-state index >= 15 is 0 Å². The van der Waals surface area contributed by atoms with Crippen molar-refractivity contribution in [2.24, 2.45) is 0 Å². The van der Waals surface area contributed by atoms with Gasteiger partial charge in [0.2, 0.25) is 5.09 Å². The van der Waals surface area contributed by atoms with Crippen LogP contribution >= 0.6 is 0 Å². The van der Waals surface area contributed by atoms with Gasteiger partial charge in [-0.15, -0.1) is 0 Å². The third-order valence-electron chi connectivity index (χ3n) is 2.54. The summed E-state index contributed by atoms with van der Waals surface area (Å²) in [6.07, 6.45) is 3.32. The number of aromatic amines is 1. The Labute approximate surface area is 111 Å². The van der Waals surface area contributed by atoms with Crippen molar-refractivity contribution >= 4 is 10.0 Å². The van der Waals surface area contributed by atoms with Crippen molar-refractivity contribution in [3.63, 3.8) is 0 Å². The van der Waals surface area contributed by atoms with Gasteiger partial charge in [-0.2, -0.15) is 0 Å². The van der Waals surface area contributed by atoms with Crippen LogP contribution < -0.4 is 5.32 Å². The van der Waals surface area contributed by atoms with E-state index in [2.05, 4.69) is 15.3 Å². The molecule has 8 heteroatoms. The van der Waals surface area contributed by atoms with Gasteiger partial charge in [0.25, 0.3) is 10.0 Å². The van der Waals surface area contributed by atoms with E-state index < -0.39 is 10.0 Å². The van der Waals surface area contributed by atoms with Crippen molar-refractivity contribution in [1.29, 1.82) is 0 Å². The third kappa shape index (κ3) is 3.22. The van der Waals surface area contributed by atoms with Gasteiger partial charge in [-0.1, -0.05) is 0 Å². The van der Waals surface area contributed by atoms with Gasteiger partial charge >= 0.3 is 0 Å². The van der Waals surface area contributed by atoms with E-state index in [1.54, 1.807) is 18.6 Å². The van der Waals surface area contributed by atoms with Gasteiger partial charge in [0.15, 0.2) is 0 Å². The molecule has 0 unspecified atom stereocenters. The van der Waals surface area contributed by atoms with Gasteiger partial charge in [0, 0.05) is 32.5 Å². The molecule has 2 N–H and O–H groups in total. The zero-order chi connectivity index (χ0) is 13.9. The number of imidazole rings is 1. The largest absolute Gasteiger partial charge is 0.447 e. The van der Waals surface area contributed by atoms with E-state index in [-0.39, 0.29) is 5.09 Å². The number of aromatic nitrogens is 2. The summed E-state index contributed by atoms with van der Waals surface area (Å²) in [4.78, 5) is 6.86. The number of furan rings is 1. The molecule has 0 aliphatic rings. The number of rotatable bonds is 6. The van der Waals surface area contributed by atoms with E-state index in [4.69, 9.17) is 4.42 Å². The zero-order valence-corrected chi connectivity index (χ0v) is 11.6. The van der Waals surface area contributed by atoms with Crippen molar-refractivity contribution in [3.05, 3.63) is 36.1 Å². The van der Waals surface area contributed by atoms with Gasteiger partial charge in [0.05, 0.1) is 12.9 Å². The predicted molar refractivity (Wildman–Crippen MR) is 68.7 cm³/mol. The van der Waals surface area contributed by atoms with Gasteiger partial charge in [-0.3, -0.25) is 0 Å². The maximum atomic E-state index is 11.8. The molecule has 0 aromatic carbocycles. The fraction of sp³-hybridized carbons (Fsp3) is 0.364. The van der Waals surface area contributed by atoms with Gasteiger partial charge < -0.3 is 14.7 Å². The van der Waals surface area contributed by atoms with Crippen molar-refractivity contribution in [3.8, 4) is 0 Å². The Morgan fingerprint density at radius 2 is 2.16 bits per heavy atom. The first kappa shape index (κ1) is 13.8. The standard InChI is InChI=1S/C11H16N4O3S/c1-15(2)19(16,17)11-4-3-10(18-11)7-12-5-9-6-13-8-14-9/h3-4,6,8,12H,5,7H2,1-2H3,(H,13,14).